The molecule has 1 amide bonds. The first-order chi connectivity index (χ1) is 13.2. The molecule has 1 aliphatic heterocycles. The van der Waals surface area contributed by atoms with E-state index in [-0.39, 0.29) is 11.8 Å². The minimum absolute atomic E-state index is 0.0696. The number of fused-ring (bicyclic) bond motifs is 2. The first-order valence-corrected chi connectivity index (χ1v) is 9.28. The monoisotopic (exact) mass is 360 g/mol. The maximum Gasteiger partial charge on any atom is 0.253 e. The lowest BCUT2D eigenvalue weighted by molar-refractivity contribution is 0.0707. The number of aromatic amines is 1. The number of nitrogens with zero attached hydrogens (tertiary/aromatic N) is 3. The van der Waals surface area contributed by atoms with Crippen LogP contribution in [0.4, 0.5) is 0 Å². The van der Waals surface area contributed by atoms with Gasteiger partial charge in [-0.05, 0) is 50.1 Å². The molecule has 5 rings (SSSR count). The molecule has 1 fully saturated rings. The zero-order valence-corrected chi connectivity index (χ0v) is 15.1. The van der Waals surface area contributed by atoms with E-state index in [0.29, 0.717) is 18.7 Å². The SMILES string of the molecule is Cc1nc2ccc(C(=O)N3CCC(c4nc5ccccc5o4)CC3)cc2[nH]1. The van der Waals surface area contributed by atoms with Gasteiger partial charge in [0.1, 0.15) is 11.3 Å². The van der Waals surface area contributed by atoms with Gasteiger partial charge in [-0.3, -0.25) is 4.79 Å². The van der Waals surface area contributed by atoms with Crippen LogP contribution >= 0.6 is 0 Å². The zero-order valence-electron chi connectivity index (χ0n) is 15.1. The highest BCUT2D eigenvalue weighted by molar-refractivity contribution is 5.97. The van der Waals surface area contributed by atoms with Gasteiger partial charge in [0.05, 0.1) is 11.0 Å². The van der Waals surface area contributed by atoms with Crippen LogP contribution < -0.4 is 0 Å². The summed E-state index contributed by atoms with van der Waals surface area (Å²) in [5.41, 5.74) is 4.22. The highest BCUT2D eigenvalue weighted by atomic mass is 16.3. The van der Waals surface area contributed by atoms with Gasteiger partial charge in [0.15, 0.2) is 11.5 Å². The number of aromatic nitrogens is 3. The molecule has 6 heteroatoms. The molecule has 1 saturated heterocycles. The van der Waals surface area contributed by atoms with E-state index in [2.05, 4.69) is 15.0 Å². The lowest BCUT2D eigenvalue weighted by atomic mass is 9.96. The molecule has 6 nitrogen and oxygen atoms in total. The number of nitrogens with one attached hydrogen (secondary N) is 1. The Bertz CT molecular complexity index is 1100. The number of rotatable bonds is 2. The van der Waals surface area contributed by atoms with Crippen molar-refractivity contribution in [3.63, 3.8) is 0 Å². The second-order valence-electron chi connectivity index (χ2n) is 7.14. The number of carbonyl (C=O) groups excluding carboxylic acids is 1. The van der Waals surface area contributed by atoms with E-state index in [0.717, 1.165) is 46.7 Å². The van der Waals surface area contributed by atoms with Crippen LogP contribution in [0.5, 0.6) is 0 Å². The summed E-state index contributed by atoms with van der Waals surface area (Å²) in [5.74, 6) is 1.98. The molecular formula is C21H20N4O2. The molecule has 0 unspecified atom stereocenters. The molecule has 1 aliphatic rings. The fourth-order valence-corrected chi connectivity index (χ4v) is 3.85. The summed E-state index contributed by atoms with van der Waals surface area (Å²) in [4.78, 5) is 27.0. The van der Waals surface area contributed by atoms with E-state index in [1.807, 2.05) is 54.3 Å². The first kappa shape index (κ1) is 16.1. The van der Waals surface area contributed by atoms with Crippen LogP contribution in [0.2, 0.25) is 0 Å². The number of imidazole rings is 1. The molecule has 3 heterocycles. The molecule has 0 aliphatic carbocycles. The lowest BCUT2D eigenvalue weighted by Gasteiger charge is -2.30. The molecule has 2 aromatic heterocycles. The van der Waals surface area contributed by atoms with Gasteiger partial charge in [-0.25, -0.2) is 9.97 Å². The van der Waals surface area contributed by atoms with E-state index in [1.54, 1.807) is 0 Å². The largest absolute Gasteiger partial charge is 0.440 e. The number of likely N-dealkylation sites (tertiary alicyclic amines) is 1. The number of H-pyrrole nitrogens is 1. The number of para-hydroxylation sites is 2. The highest BCUT2D eigenvalue weighted by Gasteiger charge is 2.27. The average Bonchev–Trinajstić information content (AvgIpc) is 3.29. The van der Waals surface area contributed by atoms with Crippen molar-refractivity contribution in [1.29, 1.82) is 0 Å². The molecule has 0 saturated carbocycles. The summed E-state index contributed by atoms with van der Waals surface area (Å²) < 4.78 is 5.91. The van der Waals surface area contributed by atoms with E-state index in [4.69, 9.17) is 4.42 Å². The number of hydrogen-bond acceptors (Lipinski definition) is 4. The lowest BCUT2D eigenvalue weighted by Crippen LogP contribution is -2.38. The van der Waals surface area contributed by atoms with Crippen LogP contribution in [0.15, 0.2) is 46.9 Å². The number of carbonyl (C=O) groups is 1. The predicted molar refractivity (Wildman–Crippen MR) is 103 cm³/mol. The van der Waals surface area contributed by atoms with Crippen LogP contribution in [-0.4, -0.2) is 38.8 Å². The average molecular weight is 360 g/mol. The number of oxazole rings is 1. The minimum Gasteiger partial charge on any atom is -0.440 e. The molecule has 0 atom stereocenters. The Morgan fingerprint density at radius 3 is 2.74 bits per heavy atom. The summed E-state index contributed by atoms with van der Waals surface area (Å²) in [7, 11) is 0. The Morgan fingerprint density at radius 2 is 1.93 bits per heavy atom. The molecule has 0 bridgehead atoms. The van der Waals surface area contributed by atoms with Crippen LogP contribution in [0.25, 0.3) is 22.1 Å². The topological polar surface area (TPSA) is 75.0 Å². The third kappa shape index (κ3) is 2.87. The van der Waals surface area contributed by atoms with Gasteiger partial charge in [-0.15, -0.1) is 0 Å². The Morgan fingerprint density at radius 1 is 1.11 bits per heavy atom. The van der Waals surface area contributed by atoms with Crippen molar-refractivity contribution in [3.05, 3.63) is 59.7 Å². The highest BCUT2D eigenvalue weighted by Crippen LogP contribution is 2.30. The third-order valence-corrected chi connectivity index (χ3v) is 5.29. The van der Waals surface area contributed by atoms with Crippen molar-refractivity contribution in [3.8, 4) is 0 Å². The van der Waals surface area contributed by atoms with Gasteiger partial charge in [0.25, 0.3) is 5.91 Å². The fraction of sp³-hybridized carbons (Fsp3) is 0.286. The molecular weight excluding hydrogens is 340 g/mol. The molecule has 2 aromatic carbocycles. The van der Waals surface area contributed by atoms with Crippen LogP contribution in [0.1, 0.15) is 40.8 Å². The van der Waals surface area contributed by atoms with Gasteiger partial charge < -0.3 is 14.3 Å². The van der Waals surface area contributed by atoms with E-state index >= 15 is 0 Å². The Kier molecular flexibility index (Phi) is 3.70. The maximum absolute atomic E-state index is 12.9. The number of benzene rings is 2. The van der Waals surface area contributed by atoms with Crippen LogP contribution in [0.3, 0.4) is 0 Å². The molecule has 0 spiro atoms. The molecule has 1 N–H and O–H groups in total. The summed E-state index contributed by atoms with van der Waals surface area (Å²) in [6, 6.07) is 13.5. The van der Waals surface area contributed by atoms with Crippen molar-refractivity contribution >= 4 is 28.0 Å². The first-order valence-electron chi connectivity index (χ1n) is 9.28. The van der Waals surface area contributed by atoms with Crippen molar-refractivity contribution < 1.29 is 9.21 Å². The fourth-order valence-electron chi connectivity index (χ4n) is 3.85. The Balaban J connectivity index is 1.30. The van der Waals surface area contributed by atoms with Crippen LogP contribution in [0, 0.1) is 6.92 Å². The van der Waals surface area contributed by atoms with Gasteiger partial charge in [-0.2, -0.15) is 0 Å². The number of aryl methyl sites for hydroxylation is 1. The predicted octanol–water partition coefficient (Wildman–Crippen LogP) is 4.03. The molecule has 136 valence electrons. The molecule has 27 heavy (non-hydrogen) atoms. The second kappa shape index (κ2) is 6.23. The third-order valence-electron chi connectivity index (χ3n) is 5.29. The summed E-state index contributed by atoms with van der Waals surface area (Å²) in [6.07, 6.45) is 1.73. The standard InChI is InChI=1S/C21H20N4O2/c1-13-22-16-7-6-15(12-18(16)23-13)21(26)25-10-8-14(9-11-25)20-24-17-4-2-3-5-19(17)27-20/h2-7,12,14H,8-11H2,1H3,(H,22,23). The maximum atomic E-state index is 12.9. The second-order valence-corrected chi connectivity index (χ2v) is 7.14. The van der Waals surface area contributed by atoms with Crippen molar-refractivity contribution in [1.82, 2.24) is 19.9 Å². The van der Waals surface area contributed by atoms with Gasteiger partial charge in [0.2, 0.25) is 0 Å². The Hall–Kier alpha value is -3.15. The summed E-state index contributed by atoms with van der Waals surface area (Å²) in [5, 5.41) is 0. The summed E-state index contributed by atoms with van der Waals surface area (Å²) >= 11 is 0. The quantitative estimate of drug-likeness (QED) is 0.585. The van der Waals surface area contributed by atoms with Gasteiger partial charge in [0, 0.05) is 24.6 Å². The summed E-state index contributed by atoms with van der Waals surface area (Å²) in [6.45, 7) is 3.34. The van der Waals surface area contributed by atoms with Crippen molar-refractivity contribution in [2.45, 2.75) is 25.7 Å². The Labute approximate surface area is 156 Å². The van der Waals surface area contributed by atoms with Crippen molar-refractivity contribution in [2.24, 2.45) is 0 Å². The van der Waals surface area contributed by atoms with Gasteiger partial charge >= 0.3 is 0 Å². The number of piperidine rings is 1. The van der Waals surface area contributed by atoms with Crippen LogP contribution in [-0.2, 0) is 0 Å². The van der Waals surface area contributed by atoms with Crippen molar-refractivity contribution in [2.75, 3.05) is 13.1 Å². The van der Waals surface area contributed by atoms with E-state index in [9.17, 15) is 4.79 Å². The molecule has 4 aromatic rings. The van der Waals surface area contributed by atoms with E-state index in [1.165, 1.54) is 0 Å². The number of hydrogen-bond donors (Lipinski definition) is 1. The van der Waals surface area contributed by atoms with E-state index < -0.39 is 0 Å². The smallest absolute Gasteiger partial charge is 0.253 e. The minimum atomic E-state index is 0.0696. The molecule has 0 radical (unpaired) electrons. The zero-order chi connectivity index (χ0) is 18.4. The number of amides is 1. The van der Waals surface area contributed by atoms with Gasteiger partial charge in [-0.1, -0.05) is 12.1 Å². The normalized spacial score (nSPS) is 15.7.